The van der Waals surface area contributed by atoms with E-state index in [1.807, 2.05) is 0 Å². The van der Waals surface area contributed by atoms with Crippen molar-refractivity contribution in [3.63, 3.8) is 0 Å². The number of aryl methyl sites for hydroxylation is 5. The molecule has 0 atom stereocenters. The molecule has 0 unspecified atom stereocenters. The van der Waals surface area contributed by atoms with Gasteiger partial charge in [-0.1, -0.05) is 66.7 Å². The Morgan fingerprint density at radius 2 is 1.38 bits per heavy atom. The maximum atomic E-state index is 2.35. The Kier molecular flexibility index (Phi) is 10.5. The van der Waals surface area contributed by atoms with Crippen LogP contribution in [0.15, 0.2) is 30.3 Å². The second-order valence-corrected chi connectivity index (χ2v) is 5.26. The van der Waals surface area contributed by atoms with E-state index in [0.717, 1.165) is 0 Å². The van der Waals surface area contributed by atoms with Gasteiger partial charge in [0.1, 0.15) is 0 Å². The van der Waals surface area contributed by atoms with Crippen molar-refractivity contribution in [3.8, 4) is 0 Å². The molecule has 0 spiro atoms. The van der Waals surface area contributed by atoms with Crippen LogP contribution in [0.3, 0.4) is 0 Å². The van der Waals surface area contributed by atoms with E-state index in [4.69, 9.17) is 0 Å². The molecule has 0 fully saturated rings. The number of hydrogen-bond donors (Lipinski definition) is 0. The summed E-state index contributed by atoms with van der Waals surface area (Å²) in [6, 6.07) is 11.2. The normalized spacial score (nSPS) is 9.76. The molecular weight excluding hydrogens is 296 g/mol. The first-order valence-corrected chi connectivity index (χ1v) is 8.20. The van der Waals surface area contributed by atoms with Gasteiger partial charge in [0.2, 0.25) is 0 Å². The van der Waals surface area contributed by atoms with E-state index in [0.29, 0.717) is 0 Å². The standard InChI is InChI=1S/C11H17.C9H13.Fe/c1-4-9-7-10(5-2)11(6-3)8-9;1-3-8-6-5-7-9(8)4-2;/h7-8H,4-6H2,1-3H3;5-7H,3-4H2,1-2H3;/q2*-1;+2. The molecule has 21 heavy (non-hydrogen) atoms. The van der Waals surface area contributed by atoms with Crippen LogP contribution in [0.4, 0.5) is 0 Å². The van der Waals surface area contributed by atoms with Gasteiger partial charge in [0.25, 0.3) is 0 Å². The van der Waals surface area contributed by atoms with Gasteiger partial charge in [0.05, 0.1) is 0 Å². The molecule has 0 heterocycles. The topological polar surface area (TPSA) is 0 Å². The Morgan fingerprint density at radius 3 is 1.76 bits per heavy atom. The predicted octanol–water partition coefficient (Wildman–Crippen LogP) is 5.62. The first kappa shape index (κ1) is 20.2. The largest absolute Gasteiger partial charge is 2.00 e. The Morgan fingerprint density at radius 1 is 0.762 bits per heavy atom. The third-order valence-corrected chi connectivity index (χ3v) is 4.07. The summed E-state index contributed by atoms with van der Waals surface area (Å²) in [5.74, 6) is 0. The minimum absolute atomic E-state index is 0. The van der Waals surface area contributed by atoms with E-state index in [-0.39, 0.29) is 17.1 Å². The van der Waals surface area contributed by atoms with Crippen molar-refractivity contribution in [1.29, 1.82) is 0 Å². The van der Waals surface area contributed by atoms with Crippen molar-refractivity contribution in [3.05, 3.63) is 58.1 Å². The zero-order valence-electron chi connectivity index (χ0n) is 14.3. The molecule has 0 aromatic heterocycles. The third kappa shape index (κ3) is 5.85. The molecule has 0 bridgehead atoms. The maximum Gasteiger partial charge on any atom is 2.00 e. The number of hydrogen-bond acceptors (Lipinski definition) is 0. The predicted molar refractivity (Wildman–Crippen MR) is 91.0 cm³/mol. The zero-order chi connectivity index (χ0) is 15.0. The summed E-state index contributed by atoms with van der Waals surface area (Å²) in [5, 5.41) is 0. The Labute approximate surface area is 142 Å². The maximum absolute atomic E-state index is 2.35. The summed E-state index contributed by atoms with van der Waals surface area (Å²) in [7, 11) is 0. The molecule has 0 aliphatic heterocycles. The molecule has 0 aliphatic carbocycles. The second kappa shape index (κ2) is 10.9. The van der Waals surface area contributed by atoms with Gasteiger partial charge in [-0.2, -0.15) is 46.0 Å². The Bertz CT molecular complexity index is 448. The van der Waals surface area contributed by atoms with Crippen molar-refractivity contribution in [2.24, 2.45) is 0 Å². The van der Waals surface area contributed by atoms with E-state index in [1.54, 1.807) is 11.1 Å². The monoisotopic (exact) mass is 326 g/mol. The summed E-state index contributed by atoms with van der Waals surface area (Å²) in [5.41, 5.74) is 7.61. The van der Waals surface area contributed by atoms with Gasteiger partial charge in [-0.15, -0.1) is 0 Å². The fraction of sp³-hybridized carbons (Fsp3) is 0.500. The summed E-state index contributed by atoms with van der Waals surface area (Å²) in [6.45, 7) is 11.1. The molecule has 2 rings (SSSR count). The van der Waals surface area contributed by atoms with Gasteiger partial charge in [0, 0.05) is 0 Å². The Balaban J connectivity index is 0.000000370. The molecule has 0 aliphatic rings. The van der Waals surface area contributed by atoms with Crippen LogP contribution in [0.1, 0.15) is 62.4 Å². The minimum Gasteiger partial charge on any atom is -0.210 e. The third-order valence-electron chi connectivity index (χ3n) is 4.07. The molecule has 0 radical (unpaired) electrons. The van der Waals surface area contributed by atoms with Crippen LogP contribution in [0.25, 0.3) is 0 Å². The van der Waals surface area contributed by atoms with Crippen LogP contribution >= 0.6 is 0 Å². The molecule has 0 nitrogen and oxygen atoms in total. The van der Waals surface area contributed by atoms with Crippen molar-refractivity contribution < 1.29 is 17.1 Å². The molecule has 1 heteroatoms. The van der Waals surface area contributed by atoms with Gasteiger partial charge < -0.3 is 0 Å². The fourth-order valence-electron chi connectivity index (χ4n) is 2.72. The van der Waals surface area contributed by atoms with Crippen LogP contribution in [-0.2, 0) is 49.2 Å². The van der Waals surface area contributed by atoms with E-state index < -0.39 is 0 Å². The summed E-state index contributed by atoms with van der Waals surface area (Å²) < 4.78 is 0. The van der Waals surface area contributed by atoms with Crippen LogP contribution in [0, 0.1) is 0 Å². The first-order valence-electron chi connectivity index (χ1n) is 8.20. The van der Waals surface area contributed by atoms with E-state index in [1.165, 1.54) is 48.8 Å². The molecule has 0 saturated carbocycles. The van der Waals surface area contributed by atoms with Crippen molar-refractivity contribution >= 4 is 0 Å². The first-order chi connectivity index (χ1) is 9.69. The van der Waals surface area contributed by atoms with Crippen molar-refractivity contribution in [2.45, 2.75) is 66.7 Å². The van der Waals surface area contributed by atoms with E-state index in [2.05, 4.69) is 65.0 Å². The van der Waals surface area contributed by atoms with Gasteiger partial charge >= 0.3 is 17.1 Å². The average molecular weight is 326 g/mol. The van der Waals surface area contributed by atoms with Crippen LogP contribution in [0.5, 0.6) is 0 Å². The second-order valence-electron chi connectivity index (χ2n) is 5.26. The Hall–Kier alpha value is -0.781. The van der Waals surface area contributed by atoms with Gasteiger partial charge in [-0.05, 0) is 0 Å². The van der Waals surface area contributed by atoms with Gasteiger partial charge in [-0.25, -0.2) is 12.1 Å². The van der Waals surface area contributed by atoms with Crippen molar-refractivity contribution in [2.75, 3.05) is 0 Å². The van der Waals surface area contributed by atoms with Crippen LogP contribution in [-0.4, -0.2) is 0 Å². The van der Waals surface area contributed by atoms with Crippen LogP contribution < -0.4 is 0 Å². The van der Waals surface area contributed by atoms with Gasteiger partial charge in [0.15, 0.2) is 0 Å². The molecule has 2 aromatic carbocycles. The summed E-state index contributed by atoms with van der Waals surface area (Å²) in [6.07, 6.45) is 5.89. The van der Waals surface area contributed by atoms with Crippen LogP contribution in [0.2, 0.25) is 0 Å². The smallest absolute Gasteiger partial charge is 0.210 e. The summed E-state index contributed by atoms with van der Waals surface area (Å²) >= 11 is 0. The minimum atomic E-state index is 0. The molecule has 118 valence electrons. The van der Waals surface area contributed by atoms with Gasteiger partial charge in [-0.3, -0.25) is 0 Å². The SMILES string of the molecule is CCc1cc(CC)c(CC)[cH-]1.CCc1cc[cH-]c1CC.[Fe+2]. The molecule has 2 aromatic rings. The van der Waals surface area contributed by atoms with E-state index in [9.17, 15) is 0 Å². The summed E-state index contributed by atoms with van der Waals surface area (Å²) in [4.78, 5) is 0. The molecule has 0 saturated heterocycles. The molecular formula is C20H30Fe. The quantitative estimate of drug-likeness (QED) is 0.494. The average Bonchev–Trinajstić information content (AvgIpc) is 3.12. The molecule has 0 N–H and O–H groups in total. The van der Waals surface area contributed by atoms with Crippen molar-refractivity contribution in [1.82, 2.24) is 0 Å². The molecule has 0 amide bonds. The number of rotatable bonds is 5. The zero-order valence-corrected chi connectivity index (χ0v) is 15.4. The fourth-order valence-corrected chi connectivity index (χ4v) is 2.72. The van der Waals surface area contributed by atoms with E-state index >= 15 is 0 Å².